The van der Waals surface area contributed by atoms with E-state index in [-0.39, 0.29) is 11.5 Å². The molecule has 0 saturated heterocycles. The average Bonchev–Trinajstić information content (AvgIpc) is 2.72. The molecule has 0 bridgehead atoms. The first-order chi connectivity index (χ1) is 14.3. The van der Waals surface area contributed by atoms with E-state index in [1.807, 2.05) is 24.3 Å². The van der Waals surface area contributed by atoms with Crippen molar-refractivity contribution in [2.75, 3.05) is 0 Å². The number of nitro groups is 1. The fraction of sp³-hybridized carbons (Fsp3) is 0.136. The lowest BCUT2D eigenvalue weighted by Crippen LogP contribution is -2.06. The average molecular weight is 414 g/mol. The molecule has 0 aromatic heterocycles. The van der Waals surface area contributed by atoms with Gasteiger partial charge in [-0.05, 0) is 53.9 Å². The number of aliphatic imine (C=N–C) groups is 1. The molecule has 154 valence electrons. The summed E-state index contributed by atoms with van der Waals surface area (Å²) in [5.74, 6) is -0.0413. The zero-order valence-corrected chi connectivity index (χ0v) is 15.9. The lowest BCUT2D eigenvalue weighted by Gasteiger charge is -2.10. The molecule has 0 heterocycles. The summed E-state index contributed by atoms with van der Waals surface area (Å²) in [4.78, 5) is 14.7. The second-order valence-corrected chi connectivity index (χ2v) is 6.39. The number of nitrogens with zero attached hydrogens (tertiary/aromatic N) is 2. The topological polar surface area (TPSA) is 64.7 Å². The Morgan fingerprint density at radius 3 is 2.43 bits per heavy atom. The first-order valence-corrected chi connectivity index (χ1v) is 9.03. The number of hydrogen-bond donors (Lipinski definition) is 0. The summed E-state index contributed by atoms with van der Waals surface area (Å²) in [5, 5.41) is 11.2. The van der Waals surface area contributed by atoms with Gasteiger partial charge in [-0.25, -0.2) is 0 Å². The van der Waals surface area contributed by atoms with Crippen molar-refractivity contribution < 1.29 is 22.8 Å². The van der Waals surface area contributed by atoms with E-state index in [0.717, 1.165) is 24.2 Å². The fourth-order valence-corrected chi connectivity index (χ4v) is 2.67. The van der Waals surface area contributed by atoms with Gasteiger partial charge in [0.1, 0.15) is 5.75 Å². The highest BCUT2D eigenvalue weighted by Gasteiger charge is 2.33. The van der Waals surface area contributed by atoms with E-state index in [9.17, 15) is 23.3 Å². The number of nitro benzene ring substituents is 1. The molecule has 3 aromatic carbocycles. The first kappa shape index (κ1) is 21.0. The Labute approximate surface area is 170 Å². The summed E-state index contributed by atoms with van der Waals surface area (Å²) in [6.07, 6.45) is -2.15. The summed E-state index contributed by atoms with van der Waals surface area (Å²) in [6.45, 7) is 2.06. The number of benzene rings is 3. The molecule has 0 aliphatic carbocycles. The number of hydrogen-bond acceptors (Lipinski definition) is 4. The molecule has 0 unspecified atom stereocenters. The van der Waals surface area contributed by atoms with Gasteiger partial charge in [0.05, 0.1) is 16.2 Å². The summed E-state index contributed by atoms with van der Waals surface area (Å²) in [7, 11) is 0. The lowest BCUT2D eigenvalue weighted by molar-refractivity contribution is -0.385. The third kappa shape index (κ3) is 5.22. The SMILES string of the molecule is CCc1ccc(N=Cc2cccc(Oc3ccc(C(F)(F)F)cc3[N+](=O)[O-])c2)cc1. The molecular weight excluding hydrogens is 397 g/mol. The molecule has 0 aliphatic rings. The van der Waals surface area contributed by atoms with E-state index in [1.54, 1.807) is 30.5 Å². The maximum absolute atomic E-state index is 12.8. The van der Waals surface area contributed by atoms with Crippen LogP contribution < -0.4 is 4.74 Å². The van der Waals surface area contributed by atoms with Crippen LogP contribution in [0, 0.1) is 10.1 Å². The van der Waals surface area contributed by atoms with Gasteiger partial charge in [-0.3, -0.25) is 15.1 Å². The van der Waals surface area contributed by atoms with Gasteiger partial charge in [0.2, 0.25) is 5.75 Å². The zero-order chi connectivity index (χ0) is 21.7. The molecule has 0 amide bonds. The van der Waals surface area contributed by atoms with Crippen LogP contribution in [0.3, 0.4) is 0 Å². The molecule has 0 N–H and O–H groups in total. The van der Waals surface area contributed by atoms with Crippen molar-refractivity contribution in [3.05, 3.63) is 93.5 Å². The number of alkyl halides is 3. The number of aryl methyl sites for hydroxylation is 1. The summed E-state index contributed by atoms with van der Waals surface area (Å²) < 4.78 is 44.0. The van der Waals surface area contributed by atoms with Gasteiger partial charge in [-0.15, -0.1) is 0 Å². The van der Waals surface area contributed by atoms with E-state index in [2.05, 4.69) is 11.9 Å². The van der Waals surface area contributed by atoms with Crippen molar-refractivity contribution in [2.24, 2.45) is 4.99 Å². The van der Waals surface area contributed by atoms with Crippen molar-refractivity contribution in [1.29, 1.82) is 0 Å². The molecule has 0 atom stereocenters. The van der Waals surface area contributed by atoms with Crippen molar-refractivity contribution in [3.63, 3.8) is 0 Å². The van der Waals surface area contributed by atoms with E-state index in [1.165, 1.54) is 5.56 Å². The van der Waals surface area contributed by atoms with Crippen LogP contribution in [-0.2, 0) is 12.6 Å². The predicted molar refractivity (Wildman–Crippen MR) is 108 cm³/mol. The van der Waals surface area contributed by atoms with Gasteiger partial charge in [0, 0.05) is 12.3 Å². The maximum Gasteiger partial charge on any atom is 0.416 e. The third-order valence-electron chi connectivity index (χ3n) is 4.28. The Hall–Kier alpha value is -3.68. The van der Waals surface area contributed by atoms with Crippen LogP contribution in [0.4, 0.5) is 24.5 Å². The molecule has 0 aliphatic heterocycles. The van der Waals surface area contributed by atoms with Gasteiger partial charge < -0.3 is 4.74 Å². The molecule has 0 radical (unpaired) electrons. The Bertz CT molecular complexity index is 1080. The fourth-order valence-electron chi connectivity index (χ4n) is 2.67. The molecule has 30 heavy (non-hydrogen) atoms. The zero-order valence-electron chi connectivity index (χ0n) is 15.9. The van der Waals surface area contributed by atoms with E-state index >= 15 is 0 Å². The van der Waals surface area contributed by atoms with Crippen LogP contribution in [0.1, 0.15) is 23.6 Å². The second kappa shape index (κ2) is 8.77. The quantitative estimate of drug-likeness (QED) is 0.255. The number of rotatable bonds is 6. The van der Waals surface area contributed by atoms with Crippen LogP contribution in [-0.4, -0.2) is 11.1 Å². The van der Waals surface area contributed by atoms with E-state index in [4.69, 9.17) is 4.74 Å². The van der Waals surface area contributed by atoms with Gasteiger partial charge in [-0.1, -0.05) is 31.2 Å². The molecule has 5 nitrogen and oxygen atoms in total. The number of ether oxygens (including phenoxy) is 1. The van der Waals surface area contributed by atoms with Crippen LogP contribution in [0.25, 0.3) is 0 Å². The van der Waals surface area contributed by atoms with Crippen LogP contribution in [0.5, 0.6) is 11.5 Å². The molecule has 0 fully saturated rings. The minimum Gasteiger partial charge on any atom is -0.450 e. The van der Waals surface area contributed by atoms with Crippen LogP contribution in [0.2, 0.25) is 0 Å². The van der Waals surface area contributed by atoms with Crippen LogP contribution >= 0.6 is 0 Å². The Morgan fingerprint density at radius 1 is 1.07 bits per heavy atom. The highest BCUT2D eigenvalue weighted by atomic mass is 19.4. The predicted octanol–water partition coefficient (Wildman–Crippen LogP) is 6.72. The summed E-state index contributed by atoms with van der Waals surface area (Å²) in [5.41, 5.74) is 0.748. The van der Waals surface area contributed by atoms with Gasteiger partial charge in [-0.2, -0.15) is 13.2 Å². The van der Waals surface area contributed by atoms with Crippen LogP contribution in [0.15, 0.2) is 71.7 Å². The van der Waals surface area contributed by atoms with Crippen molar-refractivity contribution in [2.45, 2.75) is 19.5 Å². The first-order valence-electron chi connectivity index (χ1n) is 9.03. The molecule has 0 saturated carbocycles. The maximum atomic E-state index is 12.8. The second-order valence-electron chi connectivity index (χ2n) is 6.39. The highest BCUT2D eigenvalue weighted by molar-refractivity contribution is 5.82. The largest absolute Gasteiger partial charge is 0.450 e. The molecule has 3 aromatic rings. The number of halogens is 3. The van der Waals surface area contributed by atoms with Crippen molar-refractivity contribution in [3.8, 4) is 11.5 Å². The van der Waals surface area contributed by atoms with Crippen molar-refractivity contribution >= 4 is 17.6 Å². The minimum atomic E-state index is -4.69. The monoisotopic (exact) mass is 414 g/mol. The normalized spacial score (nSPS) is 11.6. The molecule has 0 spiro atoms. The highest BCUT2D eigenvalue weighted by Crippen LogP contribution is 2.37. The Balaban J connectivity index is 1.82. The Morgan fingerprint density at radius 2 is 1.80 bits per heavy atom. The smallest absolute Gasteiger partial charge is 0.416 e. The standard InChI is InChI=1S/C22H17F3N2O3/c1-2-15-6-9-18(10-7-15)26-14-16-4-3-5-19(12-16)30-21-11-8-17(22(23,24)25)13-20(21)27(28)29/h3-14H,2H2,1H3. The molecule has 8 heteroatoms. The van der Waals surface area contributed by atoms with E-state index < -0.39 is 22.4 Å². The molecule has 3 rings (SSSR count). The summed E-state index contributed by atoms with van der Waals surface area (Å²) in [6, 6.07) is 16.4. The van der Waals surface area contributed by atoms with Crippen molar-refractivity contribution in [1.82, 2.24) is 0 Å². The van der Waals surface area contributed by atoms with Gasteiger partial charge in [0.25, 0.3) is 0 Å². The third-order valence-corrected chi connectivity index (χ3v) is 4.28. The van der Waals surface area contributed by atoms with Gasteiger partial charge >= 0.3 is 11.9 Å². The van der Waals surface area contributed by atoms with E-state index in [0.29, 0.717) is 11.6 Å². The van der Waals surface area contributed by atoms with Gasteiger partial charge in [0.15, 0.2) is 0 Å². The lowest BCUT2D eigenvalue weighted by atomic mass is 10.1. The molecular formula is C22H17F3N2O3. The minimum absolute atomic E-state index is 0.239. The summed E-state index contributed by atoms with van der Waals surface area (Å²) >= 11 is 0. The Kier molecular flexibility index (Phi) is 6.15.